The molecule has 0 fully saturated rings. The van der Waals surface area contributed by atoms with Gasteiger partial charge in [0.1, 0.15) is 0 Å². The summed E-state index contributed by atoms with van der Waals surface area (Å²) in [6.45, 7) is 0. The number of nitrogens with one attached hydrogen (secondary N) is 3. The van der Waals surface area contributed by atoms with Gasteiger partial charge in [-0.2, -0.15) is 0 Å². The van der Waals surface area contributed by atoms with Crippen molar-refractivity contribution < 1.29 is 14.7 Å². The lowest BCUT2D eigenvalue weighted by molar-refractivity contribution is -0.137. The molecule has 0 atom stereocenters. The van der Waals surface area contributed by atoms with Crippen molar-refractivity contribution in [1.29, 1.82) is 0 Å². The summed E-state index contributed by atoms with van der Waals surface area (Å²) >= 11 is 0. The van der Waals surface area contributed by atoms with Crippen LogP contribution in [0.4, 0.5) is 27.5 Å². The smallest absolute Gasteiger partial charge is 0.323 e. The third-order valence-electron chi connectivity index (χ3n) is 6.07. The number of anilines is 4. The molecule has 7 nitrogen and oxygen atoms in total. The van der Waals surface area contributed by atoms with Gasteiger partial charge in [-0.1, -0.05) is 48.5 Å². The lowest BCUT2D eigenvalue weighted by atomic mass is 10.1. The van der Waals surface area contributed by atoms with Crippen molar-refractivity contribution in [3.8, 4) is 0 Å². The molecule has 0 saturated carbocycles. The maximum Gasteiger partial charge on any atom is 0.323 e. The van der Waals surface area contributed by atoms with Crippen molar-refractivity contribution in [3.05, 3.63) is 103 Å². The van der Waals surface area contributed by atoms with Gasteiger partial charge in [-0.3, -0.25) is 4.79 Å². The lowest BCUT2D eigenvalue weighted by Gasteiger charge is -2.14. The van der Waals surface area contributed by atoms with Crippen molar-refractivity contribution >= 4 is 56.6 Å². The Bertz CT molecular complexity index is 1510. The van der Waals surface area contributed by atoms with Crippen LogP contribution in [0.1, 0.15) is 18.4 Å². The molecule has 4 N–H and O–H groups in total. The second-order valence-corrected chi connectivity index (χ2v) is 8.75. The van der Waals surface area contributed by atoms with Gasteiger partial charge in [0.2, 0.25) is 0 Å². The maximum atomic E-state index is 12.5. The van der Waals surface area contributed by atoms with E-state index in [2.05, 4.69) is 28.1 Å². The van der Waals surface area contributed by atoms with E-state index < -0.39 is 5.97 Å². The van der Waals surface area contributed by atoms with Crippen LogP contribution in [-0.4, -0.2) is 22.1 Å². The van der Waals surface area contributed by atoms with Gasteiger partial charge in [-0.15, -0.1) is 0 Å². The molecular formula is C30H26N4O3. The van der Waals surface area contributed by atoms with Crippen molar-refractivity contribution in [2.75, 3.05) is 16.0 Å². The molecule has 184 valence electrons. The van der Waals surface area contributed by atoms with E-state index in [1.54, 1.807) is 0 Å². The molecule has 1 heterocycles. The molecular weight excluding hydrogens is 464 g/mol. The molecule has 0 aliphatic rings. The van der Waals surface area contributed by atoms with Crippen LogP contribution >= 0.6 is 0 Å². The quantitative estimate of drug-likeness (QED) is 0.172. The van der Waals surface area contributed by atoms with Crippen molar-refractivity contribution in [3.63, 3.8) is 0 Å². The number of fused-ring (bicyclic) bond motifs is 2. The number of carboxylic acids is 1. The molecule has 0 unspecified atom stereocenters. The molecule has 0 aliphatic heterocycles. The first-order chi connectivity index (χ1) is 18.0. The number of amides is 2. The number of urea groups is 1. The Labute approximate surface area is 214 Å². The third-order valence-corrected chi connectivity index (χ3v) is 6.07. The topological polar surface area (TPSA) is 103 Å². The zero-order chi connectivity index (χ0) is 25.6. The number of benzene rings is 4. The number of hydrogen-bond acceptors (Lipinski definition) is 4. The van der Waals surface area contributed by atoms with Gasteiger partial charge in [0.25, 0.3) is 0 Å². The molecule has 5 aromatic rings. The molecule has 37 heavy (non-hydrogen) atoms. The van der Waals surface area contributed by atoms with Crippen LogP contribution in [0, 0.1) is 0 Å². The zero-order valence-corrected chi connectivity index (χ0v) is 20.1. The number of carbonyl (C=O) groups is 2. The monoisotopic (exact) mass is 490 g/mol. The standard InChI is InChI=1S/C30H26N4O3/c35-28(36)11-5-6-20-12-14-22(15-13-20)32-30(37)33-23-18-16-21(17-19-23)31-29-24-7-1-3-9-26(24)34-27-10-4-2-8-25(27)29/h1-4,7-10,12-19H,5-6,11H2,(H,31,34)(H,35,36)(H2,32,33,37). The number of rotatable bonds is 8. The molecule has 0 spiro atoms. The van der Waals surface area contributed by atoms with Crippen LogP contribution in [0.25, 0.3) is 21.8 Å². The SMILES string of the molecule is O=C(O)CCCc1ccc(NC(=O)Nc2ccc(Nc3c4ccccc4nc4ccccc34)cc2)cc1. The minimum atomic E-state index is -0.793. The average molecular weight is 491 g/mol. The van der Waals surface area contributed by atoms with E-state index in [4.69, 9.17) is 10.1 Å². The molecule has 7 heteroatoms. The highest BCUT2D eigenvalue weighted by molar-refractivity contribution is 6.08. The molecule has 0 saturated heterocycles. The summed E-state index contributed by atoms with van der Waals surface area (Å²) in [6, 6.07) is 30.7. The number of aryl methyl sites for hydroxylation is 1. The zero-order valence-electron chi connectivity index (χ0n) is 20.1. The number of hydrogen-bond donors (Lipinski definition) is 4. The summed E-state index contributed by atoms with van der Waals surface area (Å²) < 4.78 is 0. The molecule has 0 bridgehead atoms. The van der Waals surface area contributed by atoms with Crippen LogP contribution < -0.4 is 16.0 Å². The highest BCUT2D eigenvalue weighted by atomic mass is 16.4. The Kier molecular flexibility index (Phi) is 6.94. The molecule has 2 amide bonds. The summed E-state index contributed by atoms with van der Waals surface area (Å²) in [6.07, 6.45) is 1.41. The predicted molar refractivity (Wildman–Crippen MR) is 149 cm³/mol. The first-order valence-corrected chi connectivity index (χ1v) is 12.1. The highest BCUT2D eigenvalue weighted by Gasteiger charge is 2.09. The number of aliphatic carboxylic acids is 1. The second kappa shape index (κ2) is 10.8. The largest absolute Gasteiger partial charge is 0.481 e. The minimum Gasteiger partial charge on any atom is -0.481 e. The van der Waals surface area contributed by atoms with E-state index in [9.17, 15) is 9.59 Å². The predicted octanol–water partition coefficient (Wildman–Crippen LogP) is 7.18. The van der Waals surface area contributed by atoms with Gasteiger partial charge in [0.05, 0.1) is 16.7 Å². The lowest BCUT2D eigenvalue weighted by Crippen LogP contribution is -2.19. The Balaban J connectivity index is 1.23. The van der Waals surface area contributed by atoms with Gasteiger partial charge >= 0.3 is 12.0 Å². The normalized spacial score (nSPS) is 10.8. The van der Waals surface area contributed by atoms with Crippen LogP contribution in [-0.2, 0) is 11.2 Å². The van der Waals surface area contributed by atoms with E-state index in [1.165, 1.54) is 0 Å². The summed E-state index contributed by atoms with van der Waals surface area (Å²) in [5.74, 6) is -0.793. The summed E-state index contributed by atoms with van der Waals surface area (Å²) in [5, 5.41) is 20.0. The van der Waals surface area contributed by atoms with E-state index >= 15 is 0 Å². The fraction of sp³-hybridized carbons (Fsp3) is 0.100. The first kappa shape index (κ1) is 23.8. The Morgan fingerprint density at radius 2 is 1.19 bits per heavy atom. The fourth-order valence-corrected chi connectivity index (χ4v) is 4.25. The number of carbonyl (C=O) groups excluding carboxylic acids is 1. The molecule has 0 radical (unpaired) electrons. The van der Waals surface area contributed by atoms with Crippen LogP contribution in [0.2, 0.25) is 0 Å². The second-order valence-electron chi connectivity index (χ2n) is 8.75. The number of para-hydroxylation sites is 2. The van der Waals surface area contributed by atoms with Crippen molar-refractivity contribution in [1.82, 2.24) is 4.98 Å². The summed E-state index contributed by atoms with van der Waals surface area (Å²) in [4.78, 5) is 27.9. The van der Waals surface area contributed by atoms with Crippen LogP contribution in [0.15, 0.2) is 97.1 Å². The molecule has 4 aromatic carbocycles. The fourth-order valence-electron chi connectivity index (χ4n) is 4.25. The number of nitrogens with zero attached hydrogens (tertiary/aromatic N) is 1. The van der Waals surface area contributed by atoms with E-state index in [-0.39, 0.29) is 12.5 Å². The maximum absolute atomic E-state index is 12.5. The van der Waals surface area contributed by atoms with Gasteiger partial charge in [-0.25, -0.2) is 9.78 Å². The Morgan fingerprint density at radius 3 is 1.76 bits per heavy atom. The number of aromatic nitrogens is 1. The van der Waals surface area contributed by atoms with Gasteiger partial charge in [0, 0.05) is 34.3 Å². The number of pyridine rings is 1. The highest BCUT2D eigenvalue weighted by Crippen LogP contribution is 2.33. The van der Waals surface area contributed by atoms with Gasteiger partial charge < -0.3 is 21.1 Å². The minimum absolute atomic E-state index is 0.145. The average Bonchev–Trinajstić information content (AvgIpc) is 2.90. The van der Waals surface area contributed by atoms with E-state index in [1.807, 2.05) is 84.9 Å². The summed E-state index contributed by atoms with van der Waals surface area (Å²) in [7, 11) is 0. The van der Waals surface area contributed by atoms with Crippen LogP contribution in [0.3, 0.4) is 0 Å². The van der Waals surface area contributed by atoms with Crippen molar-refractivity contribution in [2.45, 2.75) is 19.3 Å². The van der Waals surface area contributed by atoms with Gasteiger partial charge in [0.15, 0.2) is 0 Å². The van der Waals surface area contributed by atoms with E-state index in [0.717, 1.165) is 38.7 Å². The third kappa shape index (κ3) is 5.85. The van der Waals surface area contributed by atoms with E-state index in [0.29, 0.717) is 24.2 Å². The first-order valence-electron chi connectivity index (χ1n) is 12.1. The van der Waals surface area contributed by atoms with Crippen molar-refractivity contribution in [2.24, 2.45) is 0 Å². The van der Waals surface area contributed by atoms with Gasteiger partial charge in [-0.05, 0) is 66.9 Å². The number of carboxylic acid groups (broad SMARTS) is 1. The molecule has 5 rings (SSSR count). The molecule has 1 aromatic heterocycles. The molecule has 0 aliphatic carbocycles. The Morgan fingerprint density at radius 1 is 0.676 bits per heavy atom. The summed E-state index contributed by atoms with van der Waals surface area (Å²) in [5.41, 5.74) is 6.09. The Hall–Kier alpha value is -4.91. The van der Waals surface area contributed by atoms with Crippen LogP contribution in [0.5, 0.6) is 0 Å².